The first-order valence-electron chi connectivity index (χ1n) is 15.6. The molecule has 48 heavy (non-hydrogen) atoms. The van der Waals surface area contributed by atoms with Gasteiger partial charge in [-0.25, -0.2) is 9.97 Å². The Kier molecular flexibility index (Phi) is 9.71. The molecule has 3 amide bonds. The van der Waals surface area contributed by atoms with Crippen LogP contribution in [0.15, 0.2) is 60.2 Å². The van der Waals surface area contributed by atoms with E-state index in [4.69, 9.17) is 24.1 Å². The van der Waals surface area contributed by atoms with Gasteiger partial charge in [0.15, 0.2) is 11.5 Å². The van der Waals surface area contributed by atoms with Crippen LogP contribution in [0, 0.1) is 5.41 Å². The Balaban J connectivity index is 0.00000129. The van der Waals surface area contributed by atoms with Crippen molar-refractivity contribution in [2.24, 2.45) is 5.41 Å². The van der Waals surface area contributed by atoms with Crippen LogP contribution in [0.5, 0.6) is 17.4 Å². The minimum absolute atomic E-state index is 0.0735. The molecule has 0 aliphatic carbocycles. The van der Waals surface area contributed by atoms with Crippen LogP contribution in [0.3, 0.4) is 0 Å². The van der Waals surface area contributed by atoms with Gasteiger partial charge in [0.1, 0.15) is 5.56 Å². The Morgan fingerprint density at radius 3 is 2.83 bits per heavy atom. The zero-order valence-electron chi connectivity index (χ0n) is 26.3. The van der Waals surface area contributed by atoms with E-state index in [-0.39, 0.29) is 49.1 Å². The molecule has 4 aromatic rings. The topological polar surface area (TPSA) is 160 Å². The number of ether oxygens (including phenoxy) is 3. The van der Waals surface area contributed by atoms with Gasteiger partial charge in [-0.05, 0) is 49.7 Å². The molecule has 4 aliphatic rings. The fourth-order valence-corrected chi connectivity index (χ4v) is 7.28. The van der Waals surface area contributed by atoms with Crippen LogP contribution in [-0.2, 0) is 9.59 Å². The highest BCUT2D eigenvalue weighted by atomic mass is 32.1. The average molecular weight is 674 g/mol. The van der Waals surface area contributed by atoms with E-state index in [1.54, 1.807) is 23.8 Å². The number of pyridine rings is 1. The molecule has 4 bridgehead atoms. The molecule has 2 atom stereocenters. The molecule has 0 unspecified atom stereocenters. The number of fused-ring (bicyclic) bond motifs is 10. The lowest BCUT2D eigenvalue weighted by Gasteiger charge is -2.40. The molecule has 1 saturated heterocycles. The summed E-state index contributed by atoms with van der Waals surface area (Å²) in [4.78, 5) is 61.3. The van der Waals surface area contributed by atoms with Crippen molar-refractivity contribution in [2.45, 2.75) is 19.3 Å². The summed E-state index contributed by atoms with van der Waals surface area (Å²) in [7, 11) is 0. The molecule has 0 radical (unpaired) electrons. The zero-order chi connectivity index (χ0) is 33.7. The van der Waals surface area contributed by atoms with E-state index < -0.39 is 5.41 Å². The average Bonchev–Trinajstić information content (AvgIpc) is 3.74. The van der Waals surface area contributed by atoms with Gasteiger partial charge >= 0.3 is 0 Å². The van der Waals surface area contributed by atoms with Gasteiger partial charge in [0.05, 0.1) is 42.1 Å². The maximum absolute atomic E-state index is 13.9. The van der Waals surface area contributed by atoms with Crippen LogP contribution in [0.1, 0.15) is 45.5 Å². The second-order valence-electron chi connectivity index (χ2n) is 11.7. The molecule has 6 heterocycles. The summed E-state index contributed by atoms with van der Waals surface area (Å²) in [6.07, 6.45) is 2.06. The summed E-state index contributed by atoms with van der Waals surface area (Å²) < 4.78 is 19.1. The van der Waals surface area contributed by atoms with E-state index >= 15 is 0 Å². The van der Waals surface area contributed by atoms with Gasteiger partial charge < -0.3 is 34.4 Å². The van der Waals surface area contributed by atoms with Crippen molar-refractivity contribution >= 4 is 45.7 Å². The van der Waals surface area contributed by atoms with Crippen LogP contribution in [0.4, 0.5) is 0 Å². The number of carbonyl (C=O) groups excluding carboxylic acids is 3. The first-order valence-corrected chi connectivity index (χ1v) is 16.5. The third-order valence-corrected chi connectivity index (χ3v) is 9.57. The zero-order valence-corrected chi connectivity index (χ0v) is 27.1. The molecule has 2 aromatic heterocycles. The minimum Gasteiger partial charge on any atom is -0.490 e. The number of thiazole rings is 1. The van der Waals surface area contributed by atoms with Crippen LogP contribution in [-0.4, -0.2) is 102 Å². The van der Waals surface area contributed by atoms with E-state index in [2.05, 4.69) is 15.3 Å². The fraction of sp³-hybridized carbons (Fsp3) is 0.353. The van der Waals surface area contributed by atoms with E-state index in [0.717, 1.165) is 15.8 Å². The van der Waals surface area contributed by atoms with Crippen molar-refractivity contribution in [1.29, 1.82) is 0 Å². The maximum atomic E-state index is 13.9. The predicted molar refractivity (Wildman–Crippen MR) is 176 cm³/mol. The first kappa shape index (κ1) is 32.7. The summed E-state index contributed by atoms with van der Waals surface area (Å²) in [5.41, 5.74) is 3.94. The second-order valence-corrected chi connectivity index (χ2v) is 12.6. The number of hydrogen-bond acceptors (Lipinski definition) is 10. The van der Waals surface area contributed by atoms with Gasteiger partial charge in [0.25, 0.3) is 18.3 Å². The summed E-state index contributed by atoms with van der Waals surface area (Å²) in [6.45, 7) is 3.86. The van der Waals surface area contributed by atoms with Crippen LogP contribution < -0.4 is 19.5 Å². The van der Waals surface area contributed by atoms with Gasteiger partial charge in [-0.15, -0.1) is 11.3 Å². The molecule has 0 saturated carbocycles. The molecule has 13 nitrogen and oxygen atoms in total. The van der Waals surface area contributed by atoms with Crippen molar-refractivity contribution in [3.63, 3.8) is 0 Å². The Bertz CT molecular complexity index is 1830. The smallest absolute Gasteiger partial charge is 0.290 e. The lowest BCUT2D eigenvalue weighted by Crippen LogP contribution is -2.50. The van der Waals surface area contributed by atoms with Crippen molar-refractivity contribution in [1.82, 2.24) is 25.1 Å². The van der Waals surface area contributed by atoms with Crippen molar-refractivity contribution in [3.8, 4) is 17.4 Å². The van der Waals surface area contributed by atoms with Crippen molar-refractivity contribution in [2.75, 3.05) is 52.5 Å². The predicted octanol–water partition coefficient (Wildman–Crippen LogP) is 3.45. The molecule has 14 heteroatoms. The molecular weight excluding hydrogens is 638 g/mol. The van der Waals surface area contributed by atoms with Gasteiger partial charge in [-0.3, -0.25) is 19.2 Å². The van der Waals surface area contributed by atoms with Gasteiger partial charge in [0.2, 0.25) is 11.8 Å². The molecule has 2 aromatic carbocycles. The molecule has 8 rings (SSSR count). The Morgan fingerprint density at radius 2 is 2.00 bits per heavy atom. The summed E-state index contributed by atoms with van der Waals surface area (Å²) >= 11 is 1.50. The molecule has 1 fully saturated rings. The second kappa shape index (κ2) is 14.3. The molecule has 1 spiro atoms. The van der Waals surface area contributed by atoms with Crippen molar-refractivity contribution < 1.29 is 38.5 Å². The van der Waals surface area contributed by atoms with E-state index in [1.807, 2.05) is 48.2 Å². The number of nitrogens with zero attached hydrogens (tertiary/aromatic N) is 4. The summed E-state index contributed by atoms with van der Waals surface area (Å²) in [5.74, 6) is 0.743. The largest absolute Gasteiger partial charge is 0.490 e. The number of aromatic nitrogens is 2. The standard InChI is InChI=1S/C33H33N5O6S.CH2O2/c1-2-42-30-23(7-4-11-34-30)32(41)37-12-5-13-43-26-8-3-6-22-24-15-38(31(40)21-9-10-25-27(14-21)45-20-36-25)18-33(24,19-44-29(22)26)17-35-28(39)16-37;2-1-3/h3-4,6-11,14,20,24H,2,5,12-13,15-19H2,1H3,(H,35,39);1H,(H,2,3)/t24-,33+;/m0./s1. The minimum atomic E-state index is -0.573. The molecular formula is C34H35N5O8S. The number of benzene rings is 2. The number of hydrogen-bond donors (Lipinski definition) is 2. The number of likely N-dealkylation sites (tertiary alicyclic amines) is 1. The SMILES string of the molecule is CCOc1ncccc1C(=O)N1CCCOc2cccc3c2OC[C@@]2(CNC(=O)C1)CN(C(=O)c1ccc4ncsc4c1)C[C@@H]32.O=CO. The first-order chi connectivity index (χ1) is 23.4. The fourth-order valence-electron chi connectivity index (χ4n) is 6.56. The van der Waals surface area contributed by atoms with Crippen LogP contribution >= 0.6 is 11.3 Å². The number of amides is 3. The van der Waals surface area contributed by atoms with Gasteiger partial charge in [-0.2, -0.15) is 0 Å². The number of rotatable bonds is 4. The third-order valence-electron chi connectivity index (χ3n) is 8.77. The molecule has 250 valence electrons. The van der Waals surface area contributed by atoms with Crippen molar-refractivity contribution in [3.05, 3.63) is 76.9 Å². The van der Waals surface area contributed by atoms with Gasteiger partial charge in [0, 0.05) is 54.8 Å². The van der Waals surface area contributed by atoms with Crippen LogP contribution in [0.2, 0.25) is 0 Å². The van der Waals surface area contributed by atoms with E-state index in [0.29, 0.717) is 68.5 Å². The normalized spacial score (nSPS) is 20.3. The highest BCUT2D eigenvalue weighted by Gasteiger charge is 2.53. The quantitative estimate of drug-likeness (QED) is 0.307. The maximum Gasteiger partial charge on any atom is 0.290 e. The Morgan fingerprint density at radius 1 is 1.15 bits per heavy atom. The number of para-hydroxylation sites is 1. The van der Waals surface area contributed by atoms with Gasteiger partial charge in [-0.1, -0.05) is 12.1 Å². The summed E-state index contributed by atoms with van der Waals surface area (Å²) in [6, 6.07) is 14.8. The third kappa shape index (κ3) is 6.47. The van der Waals surface area contributed by atoms with E-state index in [1.165, 1.54) is 16.2 Å². The highest BCUT2D eigenvalue weighted by molar-refractivity contribution is 7.16. The molecule has 4 aliphatic heterocycles. The Hall–Kier alpha value is -5.24. The monoisotopic (exact) mass is 673 g/mol. The number of nitrogens with one attached hydrogen (secondary N) is 1. The number of carbonyl (C=O) groups is 4. The van der Waals surface area contributed by atoms with Crippen LogP contribution in [0.25, 0.3) is 10.2 Å². The molecule has 2 N–H and O–H groups in total. The summed E-state index contributed by atoms with van der Waals surface area (Å²) in [5, 5.41) is 9.99. The Labute approximate surface area is 280 Å². The van der Waals surface area contributed by atoms with E-state index in [9.17, 15) is 14.4 Å². The number of carboxylic acid groups (broad SMARTS) is 1. The lowest BCUT2D eigenvalue weighted by molar-refractivity contribution is -0.123. The highest BCUT2D eigenvalue weighted by Crippen LogP contribution is 2.52. The lowest BCUT2D eigenvalue weighted by atomic mass is 9.73.